The van der Waals surface area contributed by atoms with Gasteiger partial charge in [0.1, 0.15) is 5.75 Å². The number of amides is 1. The van der Waals surface area contributed by atoms with E-state index >= 15 is 0 Å². The van der Waals surface area contributed by atoms with Crippen molar-refractivity contribution in [1.82, 2.24) is 10.6 Å². The molecule has 2 N–H and O–H groups in total. The van der Waals surface area contributed by atoms with E-state index in [2.05, 4.69) is 15.4 Å². The summed E-state index contributed by atoms with van der Waals surface area (Å²) in [6, 6.07) is 6.56. The largest absolute Gasteiger partial charge is 0.434 e. The highest BCUT2D eigenvalue weighted by Gasteiger charge is 2.09. The van der Waals surface area contributed by atoms with Crippen LogP contribution in [0.4, 0.5) is 8.78 Å². The number of carbonyl (C=O) groups excluding carboxylic acids is 1. The van der Waals surface area contributed by atoms with E-state index in [1.54, 1.807) is 18.2 Å². The van der Waals surface area contributed by atoms with Crippen molar-refractivity contribution in [2.24, 2.45) is 0 Å². The van der Waals surface area contributed by atoms with E-state index in [0.29, 0.717) is 5.56 Å². The summed E-state index contributed by atoms with van der Waals surface area (Å²) in [6.45, 7) is 1.29. The predicted octanol–water partition coefficient (Wildman–Crippen LogP) is 1.90. The lowest BCUT2D eigenvalue weighted by Gasteiger charge is -2.12. The van der Waals surface area contributed by atoms with Crippen LogP contribution >= 0.6 is 0 Å². The zero-order valence-electron chi connectivity index (χ0n) is 11.0. The average molecular weight is 272 g/mol. The van der Waals surface area contributed by atoms with Crippen molar-refractivity contribution in [2.45, 2.75) is 33.0 Å². The normalized spacial score (nSPS) is 10.8. The molecule has 106 valence electrons. The number of benzene rings is 1. The van der Waals surface area contributed by atoms with Crippen molar-refractivity contribution in [3.05, 3.63) is 29.8 Å². The van der Waals surface area contributed by atoms with Gasteiger partial charge >= 0.3 is 6.61 Å². The highest BCUT2D eigenvalue weighted by Crippen LogP contribution is 2.19. The van der Waals surface area contributed by atoms with E-state index in [1.165, 1.54) is 6.07 Å². The molecule has 1 rings (SSSR count). The third-order valence-corrected chi connectivity index (χ3v) is 2.24. The van der Waals surface area contributed by atoms with Gasteiger partial charge < -0.3 is 15.4 Å². The van der Waals surface area contributed by atoms with Gasteiger partial charge in [0.25, 0.3) is 0 Å². The summed E-state index contributed by atoms with van der Waals surface area (Å²) in [5.41, 5.74) is 0.583. The fraction of sp³-hybridized carbons (Fsp3) is 0.462. The topological polar surface area (TPSA) is 50.4 Å². The van der Waals surface area contributed by atoms with Gasteiger partial charge in [-0.3, -0.25) is 4.79 Å². The Morgan fingerprint density at radius 3 is 2.63 bits per heavy atom. The number of ether oxygens (including phenoxy) is 1. The van der Waals surface area contributed by atoms with E-state index in [0.717, 1.165) is 0 Å². The van der Waals surface area contributed by atoms with Crippen LogP contribution < -0.4 is 15.4 Å². The number of hydrogen-bond acceptors (Lipinski definition) is 3. The van der Waals surface area contributed by atoms with Gasteiger partial charge in [-0.25, -0.2) is 0 Å². The van der Waals surface area contributed by atoms with Crippen LogP contribution in [0, 0.1) is 0 Å². The Morgan fingerprint density at radius 2 is 2.00 bits per heavy atom. The van der Waals surface area contributed by atoms with Gasteiger partial charge in [0, 0.05) is 18.2 Å². The molecule has 0 bridgehead atoms. The van der Waals surface area contributed by atoms with Crippen LogP contribution in [0.3, 0.4) is 0 Å². The minimum atomic E-state index is -2.86. The summed E-state index contributed by atoms with van der Waals surface area (Å²) in [7, 11) is 0. The molecule has 1 amide bonds. The molecule has 0 aliphatic heterocycles. The SMILES string of the molecule is CC(C)NC(=O)CNCc1ccccc1OC(F)F. The maximum atomic E-state index is 12.2. The Kier molecular flexibility index (Phi) is 6.21. The van der Waals surface area contributed by atoms with Crippen LogP contribution in [0.1, 0.15) is 19.4 Å². The minimum Gasteiger partial charge on any atom is -0.434 e. The van der Waals surface area contributed by atoms with Gasteiger partial charge in [0.2, 0.25) is 5.91 Å². The average Bonchev–Trinajstić information content (AvgIpc) is 2.29. The van der Waals surface area contributed by atoms with E-state index in [4.69, 9.17) is 0 Å². The maximum Gasteiger partial charge on any atom is 0.387 e. The zero-order chi connectivity index (χ0) is 14.3. The molecular weight excluding hydrogens is 254 g/mol. The lowest BCUT2D eigenvalue weighted by Crippen LogP contribution is -2.37. The van der Waals surface area contributed by atoms with E-state index in [1.807, 2.05) is 13.8 Å². The fourth-order valence-electron chi connectivity index (χ4n) is 1.54. The first-order valence-electron chi connectivity index (χ1n) is 6.02. The molecule has 0 fully saturated rings. The van der Waals surface area contributed by atoms with Crippen LogP contribution in [-0.4, -0.2) is 25.1 Å². The quantitative estimate of drug-likeness (QED) is 0.797. The maximum absolute atomic E-state index is 12.2. The zero-order valence-corrected chi connectivity index (χ0v) is 11.0. The molecule has 4 nitrogen and oxygen atoms in total. The van der Waals surface area contributed by atoms with Crippen LogP contribution in [0.5, 0.6) is 5.75 Å². The Hall–Kier alpha value is -1.69. The molecule has 0 radical (unpaired) electrons. The first-order chi connectivity index (χ1) is 8.99. The highest BCUT2D eigenvalue weighted by molar-refractivity contribution is 5.78. The number of hydrogen-bond donors (Lipinski definition) is 2. The van der Waals surface area contributed by atoms with Gasteiger partial charge in [-0.1, -0.05) is 18.2 Å². The lowest BCUT2D eigenvalue weighted by atomic mass is 10.2. The number of nitrogens with one attached hydrogen (secondary N) is 2. The minimum absolute atomic E-state index is 0.0729. The molecule has 0 saturated carbocycles. The highest BCUT2D eigenvalue weighted by atomic mass is 19.3. The molecule has 0 aliphatic carbocycles. The number of carbonyl (C=O) groups is 1. The second-order valence-corrected chi connectivity index (χ2v) is 4.31. The van der Waals surface area contributed by atoms with Crippen molar-refractivity contribution >= 4 is 5.91 Å². The van der Waals surface area contributed by atoms with Crippen LogP contribution in [0.2, 0.25) is 0 Å². The summed E-state index contributed by atoms with van der Waals surface area (Å²) < 4.78 is 28.8. The molecule has 0 atom stereocenters. The van der Waals surface area contributed by atoms with Gasteiger partial charge in [-0.15, -0.1) is 0 Å². The molecule has 19 heavy (non-hydrogen) atoms. The van der Waals surface area contributed by atoms with Gasteiger partial charge in [-0.2, -0.15) is 8.78 Å². The van der Waals surface area contributed by atoms with Gasteiger partial charge in [0.05, 0.1) is 6.54 Å². The Bertz CT molecular complexity index is 411. The van der Waals surface area contributed by atoms with Gasteiger partial charge in [-0.05, 0) is 19.9 Å². The molecular formula is C13H18F2N2O2. The molecule has 0 saturated heterocycles. The lowest BCUT2D eigenvalue weighted by molar-refractivity contribution is -0.120. The molecule has 1 aromatic carbocycles. The van der Waals surface area contributed by atoms with Crippen molar-refractivity contribution in [1.29, 1.82) is 0 Å². The number of alkyl halides is 2. The smallest absolute Gasteiger partial charge is 0.387 e. The standard InChI is InChI=1S/C13H18F2N2O2/c1-9(2)17-12(18)8-16-7-10-5-3-4-6-11(10)19-13(14)15/h3-6,9,13,16H,7-8H2,1-2H3,(H,17,18). The first-order valence-corrected chi connectivity index (χ1v) is 6.02. The monoisotopic (exact) mass is 272 g/mol. The summed E-state index contributed by atoms with van der Waals surface area (Å²) in [6.07, 6.45) is 0. The number of para-hydroxylation sites is 1. The van der Waals surface area contributed by atoms with E-state index in [9.17, 15) is 13.6 Å². The Balaban J connectivity index is 2.46. The predicted molar refractivity (Wildman–Crippen MR) is 68.1 cm³/mol. The van der Waals surface area contributed by atoms with Crippen LogP contribution in [0.15, 0.2) is 24.3 Å². The third kappa shape index (κ3) is 6.15. The van der Waals surface area contributed by atoms with Crippen LogP contribution in [0.25, 0.3) is 0 Å². The number of rotatable bonds is 7. The molecule has 6 heteroatoms. The third-order valence-electron chi connectivity index (χ3n) is 2.24. The molecule has 0 spiro atoms. The molecule has 0 aromatic heterocycles. The van der Waals surface area contributed by atoms with Crippen molar-refractivity contribution in [3.8, 4) is 5.75 Å². The van der Waals surface area contributed by atoms with Gasteiger partial charge in [0.15, 0.2) is 0 Å². The second kappa shape index (κ2) is 7.68. The van der Waals surface area contributed by atoms with Crippen LogP contribution in [-0.2, 0) is 11.3 Å². The molecule has 0 aliphatic rings. The molecule has 0 heterocycles. The summed E-state index contributed by atoms with van der Waals surface area (Å²) in [5, 5.41) is 5.61. The summed E-state index contributed by atoms with van der Waals surface area (Å²) >= 11 is 0. The Labute approximate surface area is 111 Å². The first kappa shape index (κ1) is 15.4. The fourth-order valence-corrected chi connectivity index (χ4v) is 1.54. The van der Waals surface area contributed by atoms with Crippen molar-refractivity contribution in [2.75, 3.05) is 6.54 Å². The summed E-state index contributed by atoms with van der Waals surface area (Å²) in [5.74, 6) is -0.0171. The Morgan fingerprint density at radius 1 is 1.32 bits per heavy atom. The van der Waals surface area contributed by atoms with Crippen molar-refractivity contribution < 1.29 is 18.3 Å². The summed E-state index contributed by atoms with van der Waals surface area (Å²) in [4.78, 5) is 11.4. The van der Waals surface area contributed by atoms with Crippen molar-refractivity contribution in [3.63, 3.8) is 0 Å². The number of halogens is 2. The van der Waals surface area contributed by atoms with E-state index < -0.39 is 6.61 Å². The molecule has 1 aromatic rings. The van der Waals surface area contributed by atoms with E-state index in [-0.39, 0.29) is 30.8 Å². The molecule has 0 unspecified atom stereocenters. The second-order valence-electron chi connectivity index (χ2n) is 4.31.